The zero-order chi connectivity index (χ0) is 31.5. The number of carbonyl (C=O) groups excluding carboxylic acids is 3. The van der Waals surface area contributed by atoms with Gasteiger partial charge in [0.05, 0.1) is 50.3 Å². The first kappa shape index (κ1) is 35.1. The number of ether oxygens (including phenoxy) is 5. The molecule has 0 saturated carbocycles. The zero-order valence-electron chi connectivity index (χ0n) is 25.3. The Morgan fingerprint density at radius 2 is 1.81 bits per heavy atom. The minimum Gasteiger partial charge on any atom is -0.481 e. The van der Waals surface area contributed by atoms with E-state index in [4.69, 9.17) is 28.8 Å². The van der Waals surface area contributed by atoms with E-state index >= 15 is 0 Å². The number of carboxylic acids is 1. The van der Waals surface area contributed by atoms with E-state index in [0.717, 1.165) is 5.56 Å². The van der Waals surface area contributed by atoms with Gasteiger partial charge in [-0.05, 0) is 25.8 Å². The summed E-state index contributed by atoms with van der Waals surface area (Å²) in [7, 11) is 2.65. The lowest BCUT2D eigenvalue weighted by atomic mass is 9.68. The van der Waals surface area contributed by atoms with Gasteiger partial charge in [-0.2, -0.15) is 0 Å². The number of aliphatic carboxylic acids is 1. The van der Waals surface area contributed by atoms with Crippen molar-refractivity contribution >= 4 is 23.7 Å². The molecule has 0 aliphatic carbocycles. The van der Waals surface area contributed by atoms with Gasteiger partial charge in [0.25, 0.3) is 0 Å². The number of methoxy groups -OCH3 is 2. The van der Waals surface area contributed by atoms with E-state index in [1.807, 2.05) is 30.3 Å². The molecule has 0 amide bonds. The molecule has 1 aliphatic rings. The smallest absolute Gasteiger partial charge is 0.330 e. The number of hydrogen-bond acceptors (Lipinski definition) is 10. The lowest BCUT2D eigenvalue weighted by Crippen LogP contribution is -2.61. The van der Waals surface area contributed by atoms with Gasteiger partial charge in [0.15, 0.2) is 5.79 Å². The van der Waals surface area contributed by atoms with Gasteiger partial charge >= 0.3 is 17.9 Å². The highest BCUT2D eigenvalue weighted by molar-refractivity contribution is 5.83. The summed E-state index contributed by atoms with van der Waals surface area (Å²) in [5.41, 5.74) is 0.388. The van der Waals surface area contributed by atoms with Gasteiger partial charge in [-0.1, -0.05) is 49.8 Å². The Labute approximate surface area is 247 Å². The molecule has 11 heteroatoms. The van der Waals surface area contributed by atoms with Crippen LogP contribution in [0.25, 0.3) is 0 Å². The summed E-state index contributed by atoms with van der Waals surface area (Å²) in [6, 6.07) is 9.55. The molecule has 1 aliphatic heterocycles. The number of ketones is 1. The highest BCUT2D eigenvalue weighted by Crippen LogP contribution is 2.51. The molecule has 1 fully saturated rings. The molecule has 0 unspecified atom stereocenters. The third-order valence-electron chi connectivity index (χ3n) is 7.49. The number of Topliss-reactive ketones (excluding diaryl/α,β-unsaturated/α-hetero) is 1. The molecule has 1 saturated heterocycles. The Bertz CT molecular complexity index is 1100. The molecule has 2 N–H and O–H groups in total. The Kier molecular flexibility index (Phi) is 13.3. The summed E-state index contributed by atoms with van der Waals surface area (Å²) < 4.78 is 28.8. The van der Waals surface area contributed by atoms with Crippen molar-refractivity contribution in [3.63, 3.8) is 0 Å². The lowest BCUT2D eigenvalue weighted by Gasteiger charge is -2.54. The van der Waals surface area contributed by atoms with Crippen molar-refractivity contribution in [2.75, 3.05) is 20.8 Å². The second-order valence-electron chi connectivity index (χ2n) is 11.3. The average molecular weight is 593 g/mol. The topological polar surface area (TPSA) is 155 Å². The Morgan fingerprint density at radius 3 is 2.38 bits per heavy atom. The van der Waals surface area contributed by atoms with Gasteiger partial charge in [0.2, 0.25) is 0 Å². The number of carbonyl (C=O) groups is 4. The van der Waals surface area contributed by atoms with E-state index in [1.165, 1.54) is 27.2 Å². The molecule has 11 nitrogen and oxygen atoms in total. The minimum atomic E-state index is -1.58. The fourth-order valence-electron chi connectivity index (χ4n) is 5.19. The number of rotatable bonds is 16. The van der Waals surface area contributed by atoms with Gasteiger partial charge in [-0.25, -0.2) is 4.79 Å². The number of benzene rings is 1. The molecule has 1 aromatic rings. The molecule has 42 heavy (non-hydrogen) atoms. The summed E-state index contributed by atoms with van der Waals surface area (Å²) in [4.78, 5) is 48.0. The monoisotopic (exact) mass is 592 g/mol. The summed E-state index contributed by atoms with van der Waals surface area (Å²) in [6.07, 6.45) is -1.29. The Balaban J connectivity index is 2.38. The van der Waals surface area contributed by atoms with E-state index < -0.39 is 53.3 Å². The fourth-order valence-corrected chi connectivity index (χ4v) is 5.19. The second kappa shape index (κ2) is 15.9. The number of esters is 2. The summed E-state index contributed by atoms with van der Waals surface area (Å²) in [5, 5.41) is 20.0. The van der Waals surface area contributed by atoms with Crippen molar-refractivity contribution in [1.82, 2.24) is 0 Å². The van der Waals surface area contributed by atoms with Crippen LogP contribution in [0.1, 0.15) is 65.4 Å². The Morgan fingerprint density at radius 1 is 1.14 bits per heavy atom. The predicted molar refractivity (Wildman–Crippen MR) is 151 cm³/mol. The van der Waals surface area contributed by atoms with Gasteiger partial charge in [-0.15, -0.1) is 0 Å². The molecule has 0 aromatic heterocycles. The molecule has 0 spiro atoms. The van der Waals surface area contributed by atoms with E-state index in [0.29, 0.717) is 12.2 Å². The van der Waals surface area contributed by atoms with Gasteiger partial charge < -0.3 is 38.7 Å². The average Bonchev–Trinajstić information content (AvgIpc) is 2.94. The number of carboxylic acid groups (broad SMARTS) is 1. The molecular weight excluding hydrogens is 548 g/mol. The van der Waals surface area contributed by atoms with Crippen molar-refractivity contribution in [1.29, 1.82) is 0 Å². The van der Waals surface area contributed by atoms with E-state index in [-0.39, 0.29) is 44.5 Å². The van der Waals surface area contributed by atoms with E-state index in [2.05, 4.69) is 0 Å². The summed E-state index contributed by atoms with van der Waals surface area (Å²) in [5.74, 6) is -4.98. The van der Waals surface area contributed by atoms with Crippen LogP contribution in [0.3, 0.4) is 0 Å². The third-order valence-corrected chi connectivity index (χ3v) is 7.49. The van der Waals surface area contributed by atoms with Crippen LogP contribution in [0.5, 0.6) is 0 Å². The van der Waals surface area contributed by atoms with Gasteiger partial charge in [-0.3, -0.25) is 9.59 Å². The SMILES string of the molecule is COC(=O)/C=C1\C[C@@H](C[C@@H](O)[C@@H](C)OCc2ccccc2)O[C@@](OC)(C(C)(C)COC(=O)CCC(=O)O)[C@H]1CC(C)=O. The maximum atomic E-state index is 12.4. The molecule has 0 bridgehead atoms. The lowest BCUT2D eigenvalue weighted by molar-refractivity contribution is -0.340. The van der Waals surface area contributed by atoms with E-state index in [9.17, 15) is 24.3 Å². The van der Waals surface area contributed by atoms with Crippen molar-refractivity contribution in [2.45, 2.75) is 90.5 Å². The van der Waals surface area contributed by atoms with Crippen molar-refractivity contribution in [3.05, 3.63) is 47.5 Å². The van der Waals surface area contributed by atoms with Crippen LogP contribution in [0.4, 0.5) is 0 Å². The number of aliphatic hydroxyl groups is 1. The van der Waals surface area contributed by atoms with Crippen molar-refractivity contribution in [2.24, 2.45) is 11.3 Å². The second-order valence-corrected chi connectivity index (χ2v) is 11.3. The first-order valence-electron chi connectivity index (χ1n) is 14.0. The summed E-state index contributed by atoms with van der Waals surface area (Å²) >= 11 is 0. The third kappa shape index (κ3) is 9.72. The van der Waals surface area contributed by atoms with Crippen LogP contribution >= 0.6 is 0 Å². The fraction of sp³-hybridized carbons (Fsp3) is 0.613. The minimum absolute atomic E-state index is 0.0427. The maximum Gasteiger partial charge on any atom is 0.330 e. The molecule has 5 atom stereocenters. The zero-order valence-corrected chi connectivity index (χ0v) is 25.3. The molecular formula is C31H44O11. The molecule has 0 radical (unpaired) electrons. The molecule has 234 valence electrons. The van der Waals surface area contributed by atoms with Gasteiger partial charge in [0, 0.05) is 31.9 Å². The van der Waals surface area contributed by atoms with Crippen LogP contribution in [0.2, 0.25) is 0 Å². The van der Waals surface area contributed by atoms with Gasteiger partial charge in [0.1, 0.15) is 12.4 Å². The summed E-state index contributed by atoms with van der Waals surface area (Å²) in [6.45, 7) is 6.70. The molecule has 2 rings (SSSR count). The highest BCUT2D eigenvalue weighted by atomic mass is 16.7. The molecule has 1 heterocycles. The number of aliphatic hydroxyl groups excluding tert-OH is 1. The quantitative estimate of drug-likeness (QED) is 0.214. The molecule has 1 aromatic carbocycles. The normalized spacial score (nSPS) is 23.2. The van der Waals surface area contributed by atoms with Crippen LogP contribution in [-0.2, 0) is 49.5 Å². The Hall–Kier alpha value is -3.12. The van der Waals surface area contributed by atoms with Crippen LogP contribution in [0, 0.1) is 11.3 Å². The maximum absolute atomic E-state index is 12.4. The first-order chi connectivity index (χ1) is 19.7. The van der Waals surface area contributed by atoms with E-state index in [1.54, 1.807) is 20.8 Å². The van der Waals surface area contributed by atoms with Crippen LogP contribution in [0.15, 0.2) is 42.0 Å². The largest absolute Gasteiger partial charge is 0.481 e. The highest BCUT2D eigenvalue weighted by Gasteiger charge is 2.58. The predicted octanol–water partition coefficient (Wildman–Crippen LogP) is 3.60. The van der Waals surface area contributed by atoms with Crippen LogP contribution < -0.4 is 0 Å². The first-order valence-corrected chi connectivity index (χ1v) is 14.0. The van der Waals surface area contributed by atoms with Crippen LogP contribution in [-0.4, -0.2) is 78.8 Å². The standard InChI is InChI=1S/C31H44O11/c1-20(32)14-25-23(16-29(37)38-5)15-24(17-26(33)21(2)40-18-22-10-8-7-9-11-22)42-31(25,39-6)30(3,4)19-41-28(36)13-12-27(34)35/h7-11,16,21,24-26,33H,12-15,17-19H2,1-6H3,(H,34,35)/b23-16+/t21-,24+,25+,26-,31-/m1/s1. The van der Waals surface area contributed by atoms with Crippen molar-refractivity contribution in [3.8, 4) is 0 Å². The van der Waals surface area contributed by atoms with Crippen molar-refractivity contribution < 1.29 is 53.1 Å². The number of hydrogen-bond donors (Lipinski definition) is 2.